The van der Waals surface area contributed by atoms with Gasteiger partial charge in [0.2, 0.25) is 0 Å². The summed E-state index contributed by atoms with van der Waals surface area (Å²) in [4.78, 5) is 42.3. The third kappa shape index (κ3) is 3.43. The zero-order chi connectivity index (χ0) is 23.4. The maximum atomic E-state index is 12.4. The van der Waals surface area contributed by atoms with Crippen LogP contribution in [0.2, 0.25) is 0 Å². The average molecular weight is 438 g/mol. The van der Waals surface area contributed by atoms with Crippen molar-refractivity contribution in [1.82, 2.24) is 9.88 Å². The van der Waals surface area contributed by atoms with Crippen molar-refractivity contribution in [3.05, 3.63) is 61.6 Å². The minimum atomic E-state index is -0.693. The largest absolute Gasteiger partial charge is 0.504 e. The van der Waals surface area contributed by atoms with E-state index in [1.54, 1.807) is 14.1 Å². The monoisotopic (exact) mass is 438 g/mol. The van der Waals surface area contributed by atoms with E-state index in [-0.39, 0.29) is 34.2 Å². The normalized spacial score (nSPS) is 17.1. The van der Waals surface area contributed by atoms with Crippen LogP contribution in [0.25, 0.3) is 0 Å². The summed E-state index contributed by atoms with van der Waals surface area (Å²) in [6.45, 7) is 6.08. The molecular weight excluding hydrogens is 412 g/mol. The van der Waals surface area contributed by atoms with E-state index >= 15 is 0 Å². The molecule has 0 bridgehead atoms. The van der Waals surface area contributed by atoms with Gasteiger partial charge in [0, 0.05) is 32.3 Å². The lowest BCUT2D eigenvalue weighted by Crippen LogP contribution is -2.41. The van der Waals surface area contributed by atoms with Crippen LogP contribution in [0.3, 0.4) is 0 Å². The van der Waals surface area contributed by atoms with Crippen LogP contribution in [-0.2, 0) is 6.42 Å². The highest BCUT2D eigenvalue weighted by Gasteiger charge is 2.39. The zero-order valence-corrected chi connectivity index (χ0v) is 18.7. The van der Waals surface area contributed by atoms with E-state index in [1.165, 1.54) is 17.2 Å². The Bertz CT molecular complexity index is 1280. The standard InChI is InChI=1S/C23H26N4O5/c1-11-10-12-14(32-11)6-8-23(2,3)21(12)26-16-15(19(29)20(16)30)25-13-7-9-24-17(18(13)28)22(31)27(4)5/h7,9-10,21,26,28H,6,8H2,1-5H3,(H,24,25)/t21-/m0/s1. The first-order chi connectivity index (χ1) is 15.0. The minimum Gasteiger partial charge on any atom is -0.504 e. The van der Waals surface area contributed by atoms with Crippen molar-refractivity contribution in [3.8, 4) is 5.75 Å². The molecule has 2 aromatic heterocycles. The van der Waals surface area contributed by atoms with Crippen molar-refractivity contribution in [1.29, 1.82) is 0 Å². The first-order valence-corrected chi connectivity index (χ1v) is 10.4. The molecule has 0 unspecified atom stereocenters. The number of aryl methyl sites for hydroxylation is 2. The number of fused-ring (bicyclic) bond motifs is 1. The molecule has 1 aliphatic carbocycles. The Morgan fingerprint density at radius 1 is 1.25 bits per heavy atom. The van der Waals surface area contributed by atoms with Crippen molar-refractivity contribution in [3.63, 3.8) is 0 Å². The molecule has 0 spiro atoms. The van der Waals surface area contributed by atoms with Gasteiger partial charge in [-0.1, -0.05) is 13.8 Å². The lowest BCUT2D eigenvalue weighted by molar-refractivity contribution is 0.0819. The molecule has 1 aromatic carbocycles. The van der Waals surface area contributed by atoms with Crippen LogP contribution in [-0.4, -0.2) is 35.0 Å². The van der Waals surface area contributed by atoms with Crippen LogP contribution in [0.4, 0.5) is 17.1 Å². The molecule has 0 aliphatic heterocycles. The molecule has 2 heterocycles. The van der Waals surface area contributed by atoms with Crippen LogP contribution < -0.4 is 21.5 Å². The molecule has 9 heteroatoms. The maximum Gasteiger partial charge on any atom is 0.275 e. The van der Waals surface area contributed by atoms with Crippen molar-refractivity contribution >= 4 is 23.0 Å². The second-order valence-corrected chi connectivity index (χ2v) is 9.09. The molecule has 0 fully saturated rings. The first-order valence-electron chi connectivity index (χ1n) is 10.4. The van der Waals surface area contributed by atoms with Crippen molar-refractivity contribution < 1.29 is 14.3 Å². The predicted octanol–water partition coefficient (Wildman–Crippen LogP) is 2.86. The topological polar surface area (TPSA) is 125 Å². The lowest BCUT2D eigenvalue weighted by Gasteiger charge is -2.39. The van der Waals surface area contributed by atoms with E-state index in [4.69, 9.17) is 4.42 Å². The molecule has 3 aromatic rings. The second-order valence-electron chi connectivity index (χ2n) is 9.09. The van der Waals surface area contributed by atoms with E-state index in [9.17, 15) is 19.5 Å². The Labute approximate surface area is 184 Å². The Morgan fingerprint density at radius 2 is 1.94 bits per heavy atom. The number of carbonyl (C=O) groups excluding carboxylic acids is 1. The Hall–Kier alpha value is -3.62. The summed E-state index contributed by atoms with van der Waals surface area (Å²) in [6, 6.07) is 3.16. The van der Waals surface area contributed by atoms with E-state index in [2.05, 4.69) is 29.5 Å². The molecule has 1 amide bonds. The molecule has 9 nitrogen and oxygen atoms in total. The van der Waals surface area contributed by atoms with Gasteiger partial charge in [-0.2, -0.15) is 0 Å². The molecule has 0 saturated carbocycles. The summed E-state index contributed by atoms with van der Waals surface area (Å²) >= 11 is 0. The summed E-state index contributed by atoms with van der Waals surface area (Å²) in [5.41, 5.74) is -0.383. The van der Waals surface area contributed by atoms with E-state index in [0.29, 0.717) is 0 Å². The lowest BCUT2D eigenvalue weighted by atomic mass is 9.72. The average Bonchev–Trinajstić information content (AvgIpc) is 3.12. The molecule has 3 N–H and O–H groups in total. The number of nitrogens with zero attached hydrogens (tertiary/aromatic N) is 2. The molecule has 32 heavy (non-hydrogen) atoms. The van der Waals surface area contributed by atoms with Gasteiger partial charge >= 0.3 is 0 Å². The van der Waals surface area contributed by atoms with Gasteiger partial charge in [-0.15, -0.1) is 0 Å². The number of nitrogens with one attached hydrogen (secondary N) is 2. The van der Waals surface area contributed by atoms with E-state index < -0.39 is 22.5 Å². The number of pyridine rings is 1. The summed E-state index contributed by atoms with van der Waals surface area (Å²) in [6.07, 6.45) is 3.01. The number of hydrogen-bond acceptors (Lipinski definition) is 8. The fourth-order valence-electron chi connectivity index (χ4n) is 4.15. The molecule has 1 atom stereocenters. The number of aromatic nitrogens is 1. The van der Waals surface area contributed by atoms with Crippen LogP contribution in [0.15, 0.2) is 32.3 Å². The molecule has 168 valence electrons. The first kappa shape index (κ1) is 21.6. The molecule has 1 aliphatic rings. The summed E-state index contributed by atoms with van der Waals surface area (Å²) in [5, 5.41) is 16.6. The van der Waals surface area contributed by atoms with Crippen molar-refractivity contribution in [2.45, 2.75) is 39.7 Å². The second kappa shape index (κ2) is 7.51. The number of rotatable bonds is 5. The number of aromatic hydroxyl groups is 1. The SMILES string of the molecule is Cc1cc2c(o1)CCC(C)(C)[C@H]2Nc1c(Nc2ccnc(C(=O)N(C)C)c2O)c(=O)c1=O. The third-order valence-electron chi connectivity index (χ3n) is 6.05. The third-order valence-corrected chi connectivity index (χ3v) is 6.05. The fraction of sp³-hybridized carbons (Fsp3) is 0.391. The summed E-state index contributed by atoms with van der Waals surface area (Å²) in [5.74, 6) is 0.797. The smallest absolute Gasteiger partial charge is 0.275 e. The summed E-state index contributed by atoms with van der Waals surface area (Å²) < 4.78 is 5.80. The Balaban J connectivity index is 1.68. The van der Waals surface area contributed by atoms with Gasteiger partial charge in [-0.25, -0.2) is 4.98 Å². The molecule has 0 radical (unpaired) electrons. The van der Waals surface area contributed by atoms with Crippen LogP contribution >= 0.6 is 0 Å². The van der Waals surface area contributed by atoms with Crippen LogP contribution in [0, 0.1) is 12.3 Å². The van der Waals surface area contributed by atoms with Crippen molar-refractivity contribution in [2.24, 2.45) is 5.41 Å². The fourth-order valence-corrected chi connectivity index (χ4v) is 4.15. The van der Waals surface area contributed by atoms with Gasteiger partial charge in [-0.05, 0) is 30.9 Å². The predicted molar refractivity (Wildman–Crippen MR) is 120 cm³/mol. The van der Waals surface area contributed by atoms with E-state index in [0.717, 1.165) is 29.9 Å². The quantitative estimate of drug-likeness (QED) is 0.520. The van der Waals surface area contributed by atoms with Gasteiger partial charge in [0.15, 0.2) is 11.4 Å². The maximum absolute atomic E-state index is 12.4. The van der Waals surface area contributed by atoms with Gasteiger partial charge in [0.1, 0.15) is 22.9 Å². The Kier molecular flexibility index (Phi) is 5.07. The number of carbonyl (C=O) groups is 1. The van der Waals surface area contributed by atoms with Gasteiger partial charge in [0.05, 0.1) is 11.7 Å². The highest BCUT2D eigenvalue weighted by molar-refractivity contribution is 5.97. The zero-order valence-electron chi connectivity index (χ0n) is 18.7. The van der Waals surface area contributed by atoms with Crippen LogP contribution in [0.1, 0.15) is 53.9 Å². The molecule has 4 rings (SSSR count). The number of amides is 1. The minimum absolute atomic E-state index is 0.0443. The molecular formula is C23H26N4O5. The van der Waals surface area contributed by atoms with Gasteiger partial charge in [-0.3, -0.25) is 14.4 Å². The highest BCUT2D eigenvalue weighted by atomic mass is 16.3. The summed E-state index contributed by atoms with van der Waals surface area (Å²) in [7, 11) is 3.08. The van der Waals surface area contributed by atoms with E-state index in [1.807, 2.05) is 13.0 Å². The number of furan rings is 1. The Morgan fingerprint density at radius 3 is 2.62 bits per heavy atom. The van der Waals surface area contributed by atoms with Gasteiger partial charge < -0.3 is 25.1 Å². The number of hydrogen-bond donors (Lipinski definition) is 3. The van der Waals surface area contributed by atoms with Crippen molar-refractivity contribution in [2.75, 3.05) is 24.7 Å². The van der Waals surface area contributed by atoms with Crippen LogP contribution in [0.5, 0.6) is 5.75 Å². The molecule has 0 saturated heterocycles. The van der Waals surface area contributed by atoms with Gasteiger partial charge in [0.25, 0.3) is 16.8 Å². The highest BCUT2D eigenvalue weighted by Crippen LogP contribution is 2.46. The number of anilines is 3.